The third-order valence-electron chi connectivity index (χ3n) is 4.68. The highest BCUT2D eigenvalue weighted by atomic mass is 79.9. The highest BCUT2D eigenvalue weighted by Gasteiger charge is 2.31. The SMILES string of the molecule is N#CC1=C(N)Oc2cc(OC(=O)c3ccc(Br)cc3)ccc2C1c1ccc(F)cc1. The highest BCUT2D eigenvalue weighted by Crippen LogP contribution is 2.43. The number of carbonyl (C=O) groups is 1. The van der Waals surface area contributed by atoms with Gasteiger partial charge in [-0.05, 0) is 48.0 Å². The Balaban J connectivity index is 1.68. The molecule has 0 amide bonds. The minimum absolute atomic E-state index is 0.0456. The Hall–Kier alpha value is -3.63. The van der Waals surface area contributed by atoms with Crippen LogP contribution in [0.15, 0.2) is 82.7 Å². The molecule has 1 atom stereocenters. The molecule has 0 spiro atoms. The lowest BCUT2D eigenvalue weighted by Gasteiger charge is -2.26. The van der Waals surface area contributed by atoms with E-state index in [-0.39, 0.29) is 23.0 Å². The minimum atomic E-state index is -0.519. The Morgan fingerprint density at radius 3 is 2.47 bits per heavy atom. The normalized spacial score (nSPS) is 15.0. The lowest BCUT2D eigenvalue weighted by atomic mass is 9.83. The molecule has 2 N–H and O–H groups in total. The molecule has 148 valence electrons. The van der Waals surface area contributed by atoms with Crippen LogP contribution in [-0.2, 0) is 0 Å². The van der Waals surface area contributed by atoms with Crippen LogP contribution in [0.5, 0.6) is 11.5 Å². The van der Waals surface area contributed by atoms with Crippen molar-refractivity contribution >= 4 is 21.9 Å². The second kappa shape index (κ2) is 8.01. The van der Waals surface area contributed by atoms with Crippen LogP contribution in [0.25, 0.3) is 0 Å². The van der Waals surface area contributed by atoms with Gasteiger partial charge in [0, 0.05) is 16.1 Å². The van der Waals surface area contributed by atoms with E-state index in [4.69, 9.17) is 15.2 Å². The first-order chi connectivity index (χ1) is 14.5. The maximum Gasteiger partial charge on any atom is 0.343 e. The fourth-order valence-corrected chi connectivity index (χ4v) is 3.51. The molecular weight excluding hydrogens is 451 g/mol. The van der Waals surface area contributed by atoms with Crippen molar-refractivity contribution < 1.29 is 18.7 Å². The van der Waals surface area contributed by atoms with Gasteiger partial charge in [-0.25, -0.2) is 9.18 Å². The average Bonchev–Trinajstić information content (AvgIpc) is 2.74. The van der Waals surface area contributed by atoms with Crippen molar-refractivity contribution in [3.8, 4) is 17.6 Å². The van der Waals surface area contributed by atoms with Gasteiger partial charge in [-0.2, -0.15) is 5.26 Å². The molecule has 3 aromatic carbocycles. The predicted octanol–water partition coefficient (Wildman–Crippen LogP) is 5.03. The van der Waals surface area contributed by atoms with Crippen LogP contribution >= 0.6 is 15.9 Å². The van der Waals surface area contributed by atoms with E-state index in [0.29, 0.717) is 22.4 Å². The third kappa shape index (κ3) is 3.78. The van der Waals surface area contributed by atoms with Gasteiger partial charge in [-0.1, -0.05) is 34.1 Å². The Morgan fingerprint density at radius 2 is 1.80 bits per heavy atom. The summed E-state index contributed by atoms with van der Waals surface area (Å²) in [6.45, 7) is 0. The minimum Gasteiger partial charge on any atom is -0.440 e. The first kappa shape index (κ1) is 19.7. The van der Waals surface area contributed by atoms with Crippen molar-refractivity contribution in [3.63, 3.8) is 0 Å². The molecule has 0 aromatic heterocycles. The summed E-state index contributed by atoms with van der Waals surface area (Å²) in [5.74, 6) is -0.827. The number of benzene rings is 3. The molecule has 4 rings (SSSR count). The number of fused-ring (bicyclic) bond motifs is 1. The van der Waals surface area contributed by atoms with E-state index >= 15 is 0 Å². The number of hydrogen-bond donors (Lipinski definition) is 1. The Bertz CT molecular complexity index is 1200. The van der Waals surface area contributed by atoms with E-state index in [2.05, 4.69) is 22.0 Å². The van der Waals surface area contributed by atoms with Crippen molar-refractivity contribution in [1.82, 2.24) is 0 Å². The molecule has 0 fully saturated rings. The molecule has 5 nitrogen and oxygen atoms in total. The first-order valence-corrected chi connectivity index (χ1v) is 9.70. The van der Waals surface area contributed by atoms with Gasteiger partial charge in [-0.15, -0.1) is 0 Å². The van der Waals surface area contributed by atoms with E-state index in [1.165, 1.54) is 12.1 Å². The summed E-state index contributed by atoms with van der Waals surface area (Å²) in [7, 11) is 0. The van der Waals surface area contributed by atoms with Crippen molar-refractivity contribution in [1.29, 1.82) is 5.26 Å². The average molecular weight is 465 g/mol. The van der Waals surface area contributed by atoms with Gasteiger partial charge in [0.05, 0.1) is 11.5 Å². The fourth-order valence-electron chi connectivity index (χ4n) is 3.25. The molecule has 1 heterocycles. The summed E-state index contributed by atoms with van der Waals surface area (Å²) in [6, 6.07) is 19.6. The smallest absolute Gasteiger partial charge is 0.343 e. The van der Waals surface area contributed by atoms with Gasteiger partial charge in [0.2, 0.25) is 5.88 Å². The number of carbonyl (C=O) groups excluding carboxylic acids is 1. The van der Waals surface area contributed by atoms with Crippen molar-refractivity contribution in [2.45, 2.75) is 5.92 Å². The molecule has 0 saturated heterocycles. The van der Waals surface area contributed by atoms with Crippen LogP contribution in [0.4, 0.5) is 4.39 Å². The molecule has 7 heteroatoms. The van der Waals surface area contributed by atoms with E-state index < -0.39 is 11.9 Å². The highest BCUT2D eigenvalue weighted by molar-refractivity contribution is 9.10. The zero-order valence-electron chi connectivity index (χ0n) is 15.4. The lowest BCUT2D eigenvalue weighted by Crippen LogP contribution is -2.21. The first-order valence-electron chi connectivity index (χ1n) is 8.91. The molecule has 1 aliphatic rings. The topological polar surface area (TPSA) is 85.3 Å². The van der Waals surface area contributed by atoms with Crippen molar-refractivity contribution in [2.24, 2.45) is 5.73 Å². The van der Waals surface area contributed by atoms with Crippen LogP contribution in [0.1, 0.15) is 27.4 Å². The zero-order chi connectivity index (χ0) is 21.3. The second-order valence-corrected chi connectivity index (χ2v) is 7.49. The number of ether oxygens (including phenoxy) is 2. The maximum atomic E-state index is 13.4. The fraction of sp³-hybridized carbons (Fsp3) is 0.0435. The maximum absolute atomic E-state index is 13.4. The van der Waals surface area contributed by atoms with Crippen LogP contribution in [0.2, 0.25) is 0 Å². The number of nitrogens with zero attached hydrogens (tertiary/aromatic N) is 1. The van der Waals surface area contributed by atoms with Crippen LogP contribution < -0.4 is 15.2 Å². The standard InChI is InChI=1S/C23H14BrFN2O3/c24-15-5-1-14(2-6-15)23(28)29-17-9-10-18-20(11-17)30-22(27)19(12-26)21(18)13-3-7-16(25)8-4-13/h1-11,21H,27H2. The molecule has 1 unspecified atom stereocenters. The molecule has 0 saturated carbocycles. The quantitative estimate of drug-likeness (QED) is 0.434. The molecule has 1 aliphatic heterocycles. The molecule has 0 aliphatic carbocycles. The van der Waals surface area contributed by atoms with Crippen LogP contribution in [0.3, 0.4) is 0 Å². The third-order valence-corrected chi connectivity index (χ3v) is 5.21. The molecule has 30 heavy (non-hydrogen) atoms. The molecular formula is C23H14BrFN2O3. The number of halogens is 2. The number of nitriles is 1. The Morgan fingerprint density at radius 1 is 1.10 bits per heavy atom. The number of hydrogen-bond acceptors (Lipinski definition) is 5. The van der Waals surface area contributed by atoms with E-state index in [1.807, 2.05) is 0 Å². The zero-order valence-corrected chi connectivity index (χ0v) is 17.0. The van der Waals surface area contributed by atoms with Crippen molar-refractivity contribution in [2.75, 3.05) is 0 Å². The number of esters is 1. The number of nitrogens with two attached hydrogens (primary N) is 1. The summed E-state index contributed by atoms with van der Waals surface area (Å²) < 4.78 is 25.3. The molecule has 3 aromatic rings. The largest absolute Gasteiger partial charge is 0.440 e. The monoisotopic (exact) mass is 464 g/mol. The second-order valence-electron chi connectivity index (χ2n) is 6.57. The summed E-state index contributed by atoms with van der Waals surface area (Å²) in [6.07, 6.45) is 0. The van der Waals surface area contributed by atoms with Crippen LogP contribution in [-0.4, -0.2) is 5.97 Å². The summed E-state index contributed by atoms with van der Waals surface area (Å²) in [5, 5.41) is 9.58. The Kier molecular flexibility index (Phi) is 5.25. The predicted molar refractivity (Wildman–Crippen MR) is 111 cm³/mol. The number of allylic oxidation sites excluding steroid dienone is 1. The van der Waals surface area contributed by atoms with Gasteiger partial charge in [0.15, 0.2) is 0 Å². The summed E-state index contributed by atoms with van der Waals surface area (Å²) in [5.41, 5.74) is 7.95. The van der Waals surface area contributed by atoms with Gasteiger partial charge in [0.25, 0.3) is 0 Å². The molecule has 0 bridgehead atoms. The Labute approximate surface area is 180 Å². The van der Waals surface area contributed by atoms with Gasteiger partial charge in [0.1, 0.15) is 29.0 Å². The van der Waals surface area contributed by atoms with Gasteiger partial charge >= 0.3 is 5.97 Å². The van der Waals surface area contributed by atoms with E-state index in [9.17, 15) is 14.4 Å². The van der Waals surface area contributed by atoms with E-state index in [1.54, 1.807) is 54.6 Å². The van der Waals surface area contributed by atoms with Crippen LogP contribution in [0, 0.1) is 17.1 Å². The van der Waals surface area contributed by atoms with Gasteiger partial charge in [-0.3, -0.25) is 0 Å². The van der Waals surface area contributed by atoms with Crippen molar-refractivity contribution in [3.05, 3.63) is 105 Å². The summed E-state index contributed by atoms with van der Waals surface area (Å²) in [4.78, 5) is 12.4. The van der Waals surface area contributed by atoms with Gasteiger partial charge < -0.3 is 15.2 Å². The lowest BCUT2D eigenvalue weighted by molar-refractivity contribution is 0.0734. The van der Waals surface area contributed by atoms with E-state index in [0.717, 1.165) is 4.47 Å². The summed E-state index contributed by atoms with van der Waals surface area (Å²) >= 11 is 3.32. The molecule has 0 radical (unpaired) electrons. The number of rotatable bonds is 3.